The van der Waals surface area contributed by atoms with Crippen molar-refractivity contribution in [2.24, 2.45) is 0 Å². The summed E-state index contributed by atoms with van der Waals surface area (Å²) < 4.78 is 10.7. The lowest BCUT2D eigenvalue weighted by atomic mass is 9.94. The molecule has 5 aromatic rings. The molecular formula is C15H9N9OS. The zero-order chi connectivity index (χ0) is 17.3. The number of nitrogens with zero attached hydrogens (tertiary/aromatic N) is 8. The van der Waals surface area contributed by atoms with Crippen LogP contribution in [-0.4, -0.2) is 44.9 Å². The van der Waals surface area contributed by atoms with Crippen LogP contribution in [0, 0.1) is 0 Å². The van der Waals surface area contributed by atoms with Crippen molar-refractivity contribution < 1.29 is 4.52 Å². The van der Waals surface area contributed by atoms with Crippen molar-refractivity contribution in [2.75, 3.05) is 0 Å². The number of aromatic nitrogens is 9. The monoisotopic (exact) mass is 363 g/mol. The van der Waals surface area contributed by atoms with Crippen LogP contribution in [-0.2, 0) is 0 Å². The second-order valence-electron chi connectivity index (χ2n) is 5.27. The highest BCUT2D eigenvalue weighted by Gasteiger charge is 2.22. The standard InChI is InChI=1S/C15H9N9OS/c1-2-11(13-5-18-23-26-13)15(24-8-16-7-19-24)14(12-4-17-22-21-12)10(1)9-3-20-25-6-9/h1-8H,(H,17,21,22). The Morgan fingerprint density at radius 2 is 2.08 bits per heavy atom. The fourth-order valence-electron chi connectivity index (χ4n) is 2.80. The maximum atomic E-state index is 5.03. The zero-order valence-corrected chi connectivity index (χ0v) is 13.8. The highest BCUT2D eigenvalue weighted by molar-refractivity contribution is 7.09. The Hall–Kier alpha value is -3.73. The summed E-state index contributed by atoms with van der Waals surface area (Å²) in [6.07, 6.45) is 9.71. The summed E-state index contributed by atoms with van der Waals surface area (Å²) in [6.45, 7) is 0. The van der Waals surface area contributed by atoms with E-state index in [0.29, 0.717) is 5.69 Å². The van der Waals surface area contributed by atoms with Gasteiger partial charge in [0.25, 0.3) is 0 Å². The molecule has 0 bridgehead atoms. The van der Waals surface area contributed by atoms with Gasteiger partial charge in [0.15, 0.2) is 0 Å². The molecule has 4 aromatic heterocycles. The molecule has 0 radical (unpaired) electrons. The fourth-order valence-corrected chi connectivity index (χ4v) is 3.34. The lowest BCUT2D eigenvalue weighted by Gasteiger charge is -2.15. The highest BCUT2D eigenvalue weighted by Crippen LogP contribution is 2.41. The third-order valence-electron chi connectivity index (χ3n) is 3.87. The summed E-state index contributed by atoms with van der Waals surface area (Å²) in [4.78, 5) is 4.99. The molecule has 5 rings (SSSR count). The summed E-state index contributed by atoms with van der Waals surface area (Å²) in [5.74, 6) is 0. The van der Waals surface area contributed by atoms with Gasteiger partial charge in [0.05, 0.1) is 29.2 Å². The molecule has 0 amide bonds. The van der Waals surface area contributed by atoms with Crippen molar-refractivity contribution in [1.82, 2.24) is 44.9 Å². The van der Waals surface area contributed by atoms with E-state index in [4.69, 9.17) is 4.52 Å². The van der Waals surface area contributed by atoms with Gasteiger partial charge in [-0.2, -0.15) is 20.5 Å². The van der Waals surface area contributed by atoms with E-state index in [1.807, 2.05) is 12.1 Å². The predicted molar refractivity (Wildman–Crippen MR) is 91.1 cm³/mol. The minimum atomic E-state index is 0.658. The van der Waals surface area contributed by atoms with Crippen LogP contribution in [0.5, 0.6) is 0 Å². The number of benzene rings is 1. The van der Waals surface area contributed by atoms with E-state index in [2.05, 4.69) is 40.2 Å². The van der Waals surface area contributed by atoms with E-state index in [0.717, 1.165) is 32.8 Å². The van der Waals surface area contributed by atoms with Gasteiger partial charge in [0.2, 0.25) is 0 Å². The van der Waals surface area contributed by atoms with Gasteiger partial charge >= 0.3 is 0 Å². The molecule has 4 heterocycles. The van der Waals surface area contributed by atoms with Crippen molar-refractivity contribution >= 4 is 11.5 Å². The first-order valence-electron chi connectivity index (χ1n) is 7.47. The molecule has 26 heavy (non-hydrogen) atoms. The normalized spacial score (nSPS) is 11.1. The lowest BCUT2D eigenvalue weighted by Crippen LogP contribution is -2.02. The number of H-pyrrole nitrogens is 1. The number of nitrogens with one attached hydrogen (secondary N) is 1. The van der Waals surface area contributed by atoms with Crippen LogP contribution in [0.25, 0.3) is 38.5 Å². The van der Waals surface area contributed by atoms with Crippen LogP contribution < -0.4 is 0 Å². The largest absolute Gasteiger partial charge is 0.364 e. The third-order valence-corrected chi connectivity index (χ3v) is 4.56. The first kappa shape index (κ1) is 14.6. The maximum absolute atomic E-state index is 5.03. The van der Waals surface area contributed by atoms with Gasteiger partial charge in [-0.05, 0) is 17.1 Å². The maximum Gasteiger partial charge on any atom is 0.138 e. The lowest BCUT2D eigenvalue weighted by molar-refractivity contribution is 0.420. The van der Waals surface area contributed by atoms with Crippen LogP contribution in [0.1, 0.15) is 0 Å². The van der Waals surface area contributed by atoms with Crippen LogP contribution in [0.4, 0.5) is 0 Å². The van der Waals surface area contributed by atoms with Gasteiger partial charge in [-0.15, -0.1) is 5.10 Å². The van der Waals surface area contributed by atoms with Crippen LogP contribution in [0.15, 0.2) is 54.2 Å². The molecular weight excluding hydrogens is 354 g/mol. The molecule has 0 aliphatic carbocycles. The fraction of sp³-hybridized carbons (Fsp3) is 0. The predicted octanol–water partition coefficient (Wildman–Crippen LogP) is 2.23. The van der Waals surface area contributed by atoms with Gasteiger partial charge in [-0.1, -0.05) is 21.8 Å². The topological polar surface area (TPSA) is 124 Å². The Bertz CT molecular complexity index is 1030. The van der Waals surface area contributed by atoms with Crippen molar-refractivity contribution in [3.05, 3.63) is 49.6 Å². The average Bonchev–Trinajstić information content (AvgIpc) is 3.49. The summed E-state index contributed by atoms with van der Waals surface area (Å²) >= 11 is 1.30. The average molecular weight is 363 g/mol. The first-order chi connectivity index (χ1) is 12.9. The smallest absolute Gasteiger partial charge is 0.138 e. The van der Waals surface area contributed by atoms with Gasteiger partial charge in [0.1, 0.15) is 24.6 Å². The Balaban J connectivity index is 1.90. The second-order valence-corrected chi connectivity index (χ2v) is 6.06. The molecule has 0 spiro atoms. The number of rotatable bonds is 4. The SMILES string of the molecule is c1ncn(-c2c(-c3cnns3)ccc(-c3cnoc3)c2-c2cn[nH]n2)n1. The molecule has 1 aromatic carbocycles. The van der Waals surface area contributed by atoms with Gasteiger partial charge in [-0.25, -0.2) is 9.67 Å². The van der Waals surface area contributed by atoms with E-state index in [9.17, 15) is 0 Å². The molecule has 0 aliphatic heterocycles. The minimum absolute atomic E-state index is 0.658. The first-order valence-corrected chi connectivity index (χ1v) is 8.25. The van der Waals surface area contributed by atoms with Crippen LogP contribution in [0.3, 0.4) is 0 Å². The molecule has 11 heteroatoms. The Morgan fingerprint density at radius 1 is 1.12 bits per heavy atom. The molecule has 1 N–H and O–H groups in total. The molecule has 0 fully saturated rings. The molecule has 0 unspecified atom stereocenters. The number of hydrogen-bond donors (Lipinski definition) is 1. The quantitative estimate of drug-likeness (QED) is 0.515. The van der Waals surface area contributed by atoms with E-state index in [1.165, 1.54) is 17.9 Å². The molecule has 0 saturated heterocycles. The van der Waals surface area contributed by atoms with E-state index in [1.54, 1.807) is 35.9 Å². The second kappa shape index (κ2) is 5.97. The Kier molecular flexibility index (Phi) is 3.35. The van der Waals surface area contributed by atoms with Gasteiger partial charge in [-0.3, -0.25) is 0 Å². The highest BCUT2D eigenvalue weighted by atomic mass is 32.1. The summed E-state index contributed by atoms with van der Waals surface area (Å²) in [7, 11) is 0. The van der Waals surface area contributed by atoms with Crippen LogP contribution in [0.2, 0.25) is 0 Å². The zero-order valence-electron chi connectivity index (χ0n) is 13.0. The third kappa shape index (κ3) is 2.29. The van der Waals surface area contributed by atoms with Gasteiger partial charge in [0, 0.05) is 16.7 Å². The Morgan fingerprint density at radius 3 is 2.77 bits per heavy atom. The molecule has 126 valence electrons. The van der Waals surface area contributed by atoms with Crippen LogP contribution >= 0.6 is 11.5 Å². The minimum Gasteiger partial charge on any atom is -0.364 e. The molecule has 0 saturated carbocycles. The van der Waals surface area contributed by atoms with E-state index >= 15 is 0 Å². The molecule has 0 aliphatic rings. The molecule has 0 atom stereocenters. The van der Waals surface area contributed by atoms with Crippen molar-refractivity contribution in [1.29, 1.82) is 0 Å². The summed E-state index contributed by atoms with van der Waals surface area (Å²) in [5.41, 5.74) is 4.87. The van der Waals surface area contributed by atoms with Crippen molar-refractivity contribution in [3.63, 3.8) is 0 Å². The Labute approximate surface area is 149 Å². The van der Waals surface area contributed by atoms with E-state index < -0.39 is 0 Å². The number of aromatic amines is 1. The van der Waals surface area contributed by atoms with Gasteiger partial charge < -0.3 is 4.52 Å². The van der Waals surface area contributed by atoms with E-state index in [-0.39, 0.29) is 0 Å². The number of hydrogen-bond acceptors (Lipinski definition) is 9. The molecule has 10 nitrogen and oxygen atoms in total. The summed E-state index contributed by atoms with van der Waals surface area (Å²) in [5, 5.41) is 23.0. The van der Waals surface area contributed by atoms with Crippen molar-refractivity contribution in [2.45, 2.75) is 0 Å². The van der Waals surface area contributed by atoms with Crippen molar-refractivity contribution in [3.8, 4) is 38.5 Å². The summed E-state index contributed by atoms with van der Waals surface area (Å²) in [6, 6.07) is 3.96.